The normalized spacial score (nSPS) is 10.9. The molecule has 2 rings (SSSR count). The third-order valence-corrected chi connectivity index (χ3v) is 3.75. The third kappa shape index (κ3) is 1.32. The molecule has 0 amide bonds. The van der Waals surface area contributed by atoms with Crippen LogP contribution in [0.1, 0.15) is 12.5 Å². The Kier molecular flexibility index (Phi) is 2.22. The summed E-state index contributed by atoms with van der Waals surface area (Å²) >= 11 is 5.99. The standard InChI is InChI=1S/C10H10OS2/c1-2-6-8(11)4-3-7-9(12)5-13-10(6)7/h3-5,11-12H,2H2,1H3. The van der Waals surface area contributed by atoms with E-state index >= 15 is 0 Å². The average Bonchev–Trinajstić information content (AvgIpc) is 2.48. The molecule has 0 aliphatic carbocycles. The van der Waals surface area contributed by atoms with Gasteiger partial charge in [-0.3, -0.25) is 0 Å². The molecule has 0 saturated heterocycles. The third-order valence-electron chi connectivity index (χ3n) is 2.15. The van der Waals surface area contributed by atoms with E-state index < -0.39 is 0 Å². The number of phenolic OH excluding ortho intramolecular Hbond substituents is 1. The van der Waals surface area contributed by atoms with Gasteiger partial charge in [0, 0.05) is 25.9 Å². The highest BCUT2D eigenvalue weighted by molar-refractivity contribution is 7.80. The maximum Gasteiger partial charge on any atom is 0.120 e. The van der Waals surface area contributed by atoms with Gasteiger partial charge in [0.1, 0.15) is 5.75 Å². The van der Waals surface area contributed by atoms with E-state index in [-0.39, 0.29) is 0 Å². The van der Waals surface area contributed by atoms with Crippen LogP contribution in [0.3, 0.4) is 0 Å². The summed E-state index contributed by atoms with van der Waals surface area (Å²) in [5.74, 6) is 0.394. The summed E-state index contributed by atoms with van der Waals surface area (Å²) in [6, 6.07) is 3.66. The molecule has 3 heteroatoms. The number of thiophene rings is 1. The summed E-state index contributed by atoms with van der Waals surface area (Å²) in [7, 11) is 0. The van der Waals surface area contributed by atoms with E-state index in [1.165, 1.54) is 0 Å². The van der Waals surface area contributed by atoms with Crippen LogP contribution >= 0.6 is 24.0 Å². The Labute approximate surface area is 86.4 Å². The average molecular weight is 210 g/mol. The van der Waals surface area contributed by atoms with Gasteiger partial charge in [0.15, 0.2) is 0 Å². The molecule has 0 aliphatic heterocycles. The molecule has 13 heavy (non-hydrogen) atoms. The first kappa shape index (κ1) is 8.91. The highest BCUT2D eigenvalue weighted by Crippen LogP contribution is 2.35. The van der Waals surface area contributed by atoms with Crippen molar-refractivity contribution < 1.29 is 5.11 Å². The van der Waals surface area contributed by atoms with Gasteiger partial charge >= 0.3 is 0 Å². The summed E-state index contributed by atoms with van der Waals surface area (Å²) in [6.07, 6.45) is 0.858. The Hall–Kier alpha value is -0.670. The molecule has 1 N–H and O–H groups in total. The summed E-state index contributed by atoms with van der Waals surface area (Å²) in [6.45, 7) is 2.05. The van der Waals surface area contributed by atoms with Gasteiger partial charge in [0.25, 0.3) is 0 Å². The number of rotatable bonds is 1. The molecule has 0 spiro atoms. The Morgan fingerprint density at radius 2 is 2.23 bits per heavy atom. The van der Waals surface area contributed by atoms with Crippen molar-refractivity contribution in [3.8, 4) is 5.75 Å². The van der Waals surface area contributed by atoms with E-state index in [1.54, 1.807) is 17.4 Å². The number of benzene rings is 1. The zero-order chi connectivity index (χ0) is 9.42. The molecule has 1 aromatic carbocycles. The lowest BCUT2D eigenvalue weighted by Gasteiger charge is -2.02. The van der Waals surface area contributed by atoms with E-state index in [2.05, 4.69) is 12.6 Å². The van der Waals surface area contributed by atoms with Gasteiger partial charge < -0.3 is 5.11 Å². The smallest absolute Gasteiger partial charge is 0.120 e. The van der Waals surface area contributed by atoms with E-state index in [0.29, 0.717) is 5.75 Å². The quantitative estimate of drug-likeness (QED) is 0.691. The van der Waals surface area contributed by atoms with Crippen molar-refractivity contribution in [3.05, 3.63) is 23.1 Å². The highest BCUT2D eigenvalue weighted by atomic mass is 32.1. The van der Waals surface area contributed by atoms with Crippen LogP contribution in [0, 0.1) is 0 Å². The van der Waals surface area contributed by atoms with Crippen LogP contribution in [0.25, 0.3) is 10.1 Å². The van der Waals surface area contributed by atoms with Gasteiger partial charge in [-0.05, 0) is 18.6 Å². The van der Waals surface area contributed by atoms with Crippen LogP contribution in [0.5, 0.6) is 5.75 Å². The maximum absolute atomic E-state index is 9.60. The minimum Gasteiger partial charge on any atom is -0.508 e. The number of hydrogen-bond donors (Lipinski definition) is 2. The van der Waals surface area contributed by atoms with Crippen molar-refractivity contribution in [2.45, 2.75) is 18.2 Å². The molecule has 0 atom stereocenters. The molecule has 0 bridgehead atoms. The topological polar surface area (TPSA) is 20.2 Å². The van der Waals surface area contributed by atoms with E-state index in [0.717, 1.165) is 27.0 Å². The molecule has 68 valence electrons. The molecule has 2 aromatic rings. The van der Waals surface area contributed by atoms with Crippen molar-refractivity contribution >= 4 is 34.1 Å². The van der Waals surface area contributed by atoms with Crippen molar-refractivity contribution in [1.29, 1.82) is 0 Å². The Balaban J connectivity index is 2.85. The summed E-state index contributed by atoms with van der Waals surface area (Å²) in [5.41, 5.74) is 1.03. The lowest BCUT2D eigenvalue weighted by atomic mass is 10.1. The summed E-state index contributed by atoms with van der Waals surface area (Å²) in [5, 5.41) is 12.7. The monoisotopic (exact) mass is 210 g/mol. The number of fused-ring (bicyclic) bond motifs is 1. The molecule has 0 aliphatic rings. The molecule has 0 fully saturated rings. The Morgan fingerprint density at radius 3 is 2.92 bits per heavy atom. The number of aromatic hydroxyl groups is 1. The van der Waals surface area contributed by atoms with Gasteiger partial charge in [0.05, 0.1) is 0 Å². The molecular formula is C10H10OS2. The van der Waals surface area contributed by atoms with Crippen LogP contribution in [0.15, 0.2) is 22.4 Å². The predicted molar refractivity (Wildman–Crippen MR) is 60.1 cm³/mol. The number of phenols is 1. The Morgan fingerprint density at radius 1 is 1.46 bits per heavy atom. The first-order chi connectivity index (χ1) is 6.24. The number of hydrogen-bond acceptors (Lipinski definition) is 3. The van der Waals surface area contributed by atoms with Crippen molar-refractivity contribution in [2.75, 3.05) is 0 Å². The molecular weight excluding hydrogens is 200 g/mol. The number of thiol groups is 1. The second-order valence-electron chi connectivity index (χ2n) is 2.91. The van der Waals surface area contributed by atoms with Crippen molar-refractivity contribution in [3.63, 3.8) is 0 Å². The van der Waals surface area contributed by atoms with E-state index in [1.807, 2.05) is 18.4 Å². The van der Waals surface area contributed by atoms with Crippen LogP contribution in [-0.2, 0) is 6.42 Å². The maximum atomic E-state index is 9.60. The fourth-order valence-electron chi connectivity index (χ4n) is 1.47. The first-order valence-electron chi connectivity index (χ1n) is 4.15. The van der Waals surface area contributed by atoms with Crippen LogP contribution in [0.2, 0.25) is 0 Å². The van der Waals surface area contributed by atoms with Crippen LogP contribution in [0.4, 0.5) is 0 Å². The highest BCUT2D eigenvalue weighted by Gasteiger charge is 2.08. The first-order valence-corrected chi connectivity index (χ1v) is 5.47. The summed E-state index contributed by atoms with van der Waals surface area (Å²) < 4.78 is 1.16. The zero-order valence-electron chi connectivity index (χ0n) is 7.24. The minimum atomic E-state index is 0.394. The lowest BCUT2D eigenvalue weighted by Crippen LogP contribution is -1.81. The van der Waals surface area contributed by atoms with Crippen molar-refractivity contribution in [2.24, 2.45) is 0 Å². The minimum absolute atomic E-state index is 0.394. The van der Waals surface area contributed by atoms with Gasteiger partial charge in [-0.2, -0.15) is 0 Å². The lowest BCUT2D eigenvalue weighted by molar-refractivity contribution is 0.470. The zero-order valence-corrected chi connectivity index (χ0v) is 8.95. The molecule has 1 nitrogen and oxygen atoms in total. The van der Waals surface area contributed by atoms with Crippen LogP contribution < -0.4 is 0 Å². The molecule has 0 unspecified atom stereocenters. The van der Waals surface area contributed by atoms with Gasteiger partial charge in [-0.1, -0.05) is 6.92 Å². The fourth-order valence-corrected chi connectivity index (χ4v) is 2.95. The largest absolute Gasteiger partial charge is 0.508 e. The second-order valence-corrected chi connectivity index (χ2v) is 4.28. The Bertz CT molecular complexity index is 445. The van der Waals surface area contributed by atoms with E-state index in [9.17, 15) is 5.11 Å². The summed E-state index contributed by atoms with van der Waals surface area (Å²) in [4.78, 5) is 0.995. The molecule has 0 radical (unpaired) electrons. The SMILES string of the molecule is CCc1c(O)ccc2c(S)csc12. The predicted octanol–water partition coefficient (Wildman–Crippen LogP) is 3.46. The molecule has 1 aromatic heterocycles. The van der Waals surface area contributed by atoms with Gasteiger partial charge in [0.2, 0.25) is 0 Å². The molecule has 0 saturated carbocycles. The van der Waals surface area contributed by atoms with Gasteiger partial charge in [-0.25, -0.2) is 0 Å². The van der Waals surface area contributed by atoms with E-state index in [4.69, 9.17) is 0 Å². The van der Waals surface area contributed by atoms with Crippen LogP contribution in [-0.4, -0.2) is 5.11 Å². The van der Waals surface area contributed by atoms with Gasteiger partial charge in [-0.15, -0.1) is 24.0 Å². The number of aryl methyl sites for hydroxylation is 1. The fraction of sp³-hybridized carbons (Fsp3) is 0.200. The molecule has 1 heterocycles. The van der Waals surface area contributed by atoms with Crippen molar-refractivity contribution in [1.82, 2.24) is 0 Å². The second kappa shape index (κ2) is 3.24.